The predicted octanol–water partition coefficient (Wildman–Crippen LogP) is -0.885. The largest absolute Gasteiger partial charge is 0.861 e. The molecule has 0 saturated heterocycles. The van der Waals surface area contributed by atoms with Gasteiger partial charge in [0.2, 0.25) is 10.0 Å². The molecule has 5 heteroatoms. The van der Waals surface area contributed by atoms with Crippen molar-refractivity contribution in [3.8, 4) is 0 Å². The summed E-state index contributed by atoms with van der Waals surface area (Å²) in [5.74, 6) is -0.600. The molecule has 0 aliphatic heterocycles. The van der Waals surface area contributed by atoms with Crippen LogP contribution in [0.5, 0.6) is 0 Å². The van der Waals surface area contributed by atoms with Crippen LogP contribution in [0.1, 0.15) is 13.3 Å². The minimum absolute atomic E-state index is 0.132. The van der Waals surface area contributed by atoms with Crippen molar-refractivity contribution in [1.29, 1.82) is 0 Å². The fourth-order valence-electron chi connectivity index (χ4n) is 0.250. The van der Waals surface area contributed by atoms with Gasteiger partial charge >= 0.3 is 0 Å². The maximum absolute atomic E-state index is 10.3. The van der Waals surface area contributed by atoms with Crippen LogP contribution in [0, 0.1) is 0 Å². The van der Waals surface area contributed by atoms with Crippen molar-refractivity contribution in [1.82, 2.24) is 0 Å². The molecule has 0 spiro atoms. The minimum Gasteiger partial charge on any atom is -0.861 e. The van der Waals surface area contributed by atoms with Crippen LogP contribution in [-0.2, 0) is 10.0 Å². The molecule has 0 heterocycles. The summed E-state index contributed by atoms with van der Waals surface area (Å²) in [6.07, 6.45) is 1.02. The summed E-state index contributed by atoms with van der Waals surface area (Å²) >= 11 is 0. The average molecular weight is 150 g/mol. The molecule has 54 valence electrons. The first-order valence-corrected chi connectivity index (χ1v) is 4.26. The van der Waals surface area contributed by atoms with Gasteiger partial charge in [-0.15, -0.1) is 0 Å². The molecule has 0 radical (unpaired) electrons. The van der Waals surface area contributed by atoms with E-state index >= 15 is 0 Å². The van der Waals surface area contributed by atoms with Crippen LogP contribution in [0.4, 0.5) is 0 Å². The van der Waals surface area contributed by atoms with Gasteiger partial charge in [-0.05, 0) is 12.3 Å². The Kier molecular flexibility index (Phi) is 2.64. The van der Waals surface area contributed by atoms with Crippen molar-refractivity contribution in [2.24, 2.45) is 4.40 Å². The number of rotatable bonds is 2. The van der Waals surface area contributed by atoms with E-state index in [0.717, 1.165) is 6.26 Å². The molecule has 0 aliphatic rings. The summed E-state index contributed by atoms with van der Waals surface area (Å²) in [5, 5.41) is 10.3. The molecule has 0 rings (SSSR count). The molecule has 0 aromatic heterocycles. The standard InChI is InChI=1S/C4H9NO3S/c1-3-4(6)5-9(2,7)8/h3H2,1-2H3,(H,5,6)/p-1. The summed E-state index contributed by atoms with van der Waals surface area (Å²) in [7, 11) is -3.46. The molecule has 0 aliphatic carbocycles. The second-order valence-electron chi connectivity index (χ2n) is 1.57. The summed E-state index contributed by atoms with van der Waals surface area (Å²) < 4.78 is 23.3. The second-order valence-corrected chi connectivity index (χ2v) is 3.22. The Labute approximate surface area is 54.3 Å². The molecular weight excluding hydrogens is 142 g/mol. The molecule has 4 nitrogen and oxygen atoms in total. The molecule has 9 heavy (non-hydrogen) atoms. The maximum atomic E-state index is 10.3. The molecular formula is C4H8NO3S-. The molecule has 0 amide bonds. The van der Waals surface area contributed by atoms with Crippen molar-refractivity contribution in [2.45, 2.75) is 13.3 Å². The molecule has 0 saturated carbocycles. The highest BCUT2D eigenvalue weighted by molar-refractivity contribution is 7.89. The quantitative estimate of drug-likeness (QED) is 0.379. The minimum atomic E-state index is -3.46. The molecule has 0 aromatic rings. The number of hydrogen-bond donors (Lipinski definition) is 0. The number of hydrogen-bond acceptors (Lipinski definition) is 3. The van der Waals surface area contributed by atoms with Crippen LogP contribution in [-0.4, -0.2) is 20.6 Å². The third-order valence-corrected chi connectivity index (χ3v) is 1.11. The lowest BCUT2D eigenvalue weighted by molar-refractivity contribution is -0.217. The zero-order chi connectivity index (χ0) is 7.49. The van der Waals surface area contributed by atoms with Gasteiger partial charge in [0.05, 0.1) is 6.26 Å². The van der Waals surface area contributed by atoms with E-state index in [0.29, 0.717) is 0 Å². The van der Waals surface area contributed by atoms with Crippen LogP contribution in [0.15, 0.2) is 4.40 Å². The van der Waals surface area contributed by atoms with E-state index in [-0.39, 0.29) is 6.42 Å². The number of nitrogens with zero attached hydrogens (tertiary/aromatic N) is 1. The van der Waals surface area contributed by atoms with E-state index in [1.54, 1.807) is 6.92 Å². The molecule has 0 atom stereocenters. The first-order valence-electron chi connectivity index (χ1n) is 2.41. The van der Waals surface area contributed by atoms with Crippen molar-refractivity contribution in [3.05, 3.63) is 0 Å². The van der Waals surface area contributed by atoms with E-state index < -0.39 is 15.9 Å². The van der Waals surface area contributed by atoms with Crippen LogP contribution in [0.25, 0.3) is 0 Å². The number of sulfonamides is 1. The van der Waals surface area contributed by atoms with Gasteiger partial charge in [0.15, 0.2) is 0 Å². The first kappa shape index (κ1) is 8.42. The normalized spacial score (nSPS) is 13.8. The lowest BCUT2D eigenvalue weighted by Crippen LogP contribution is -2.17. The topological polar surface area (TPSA) is 69.6 Å². The Hall–Kier alpha value is -0.580. The highest BCUT2D eigenvalue weighted by Gasteiger charge is 1.92. The molecule has 0 aromatic carbocycles. The SMILES string of the molecule is CCC([O-])=NS(C)(=O)=O. The summed E-state index contributed by atoms with van der Waals surface area (Å²) in [6, 6.07) is 0. The zero-order valence-electron chi connectivity index (χ0n) is 5.29. The highest BCUT2D eigenvalue weighted by atomic mass is 32.2. The zero-order valence-corrected chi connectivity index (χ0v) is 6.10. The van der Waals surface area contributed by atoms with Crippen LogP contribution >= 0.6 is 0 Å². The Balaban J connectivity index is 4.32. The third-order valence-electron chi connectivity index (χ3n) is 0.570. The van der Waals surface area contributed by atoms with Crippen LogP contribution in [0.2, 0.25) is 0 Å². The Morgan fingerprint density at radius 1 is 1.67 bits per heavy atom. The molecule has 0 fully saturated rings. The van der Waals surface area contributed by atoms with E-state index in [2.05, 4.69) is 4.40 Å². The van der Waals surface area contributed by atoms with Gasteiger partial charge in [-0.1, -0.05) is 6.92 Å². The fourth-order valence-corrected chi connectivity index (χ4v) is 0.749. The lowest BCUT2D eigenvalue weighted by Gasteiger charge is -2.03. The smallest absolute Gasteiger partial charge is 0.249 e. The third kappa shape index (κ3) is 5.29. The summed E-state index contributed by atoms with van der Waals surface area (Å²) in [4.78, 5) is 0. The Morgan fingerprint density at radius 2 is 2.11 bits per heavy atom. The van der Waals surface area contributed by atoms with Gasteiger partial charge in [0, 0.05) is 0 Å². The van der Waals surface area contributed by atoms with Crippen LogP contribution in [0.3, 0.4) is 0 Å². The second kappa shape index (κ2) is 2.82. The fraction of sp³-hybridized carbons (Fsp3) is 0.750. The summed E-state index contributed by atoms with van der Waals surface area (Å²) in [5.41, 5.74) is 0. The lowest BCUT2D eigenvalue weighted by atomic mass is 10.5. The van der Waals surface area contributed by atoms with E-state index in [4.69, 9.17) is 0 Å². The summed E-state index contributed by atoms with van der Waals surface area (Å²) in [6.45, 7) is 1.55. The molecule has 0 N–H and O–H groups in total. The van der Waals surface area contributed by atoms with Gasteiger partial charge in [0.1, 0.15) is 0 Å². The van der Waals surface area contributed by atoms with Gasteiger partial charge in [-0.25, -0.2) is 8.42 Å². The van der Waals surface area contributed by atoms with Gasteiger partial charge < -0.3 is 5.11 Å². The van der Waals surface area contributed by atoms with Crippen molar-refractivity contribution in [3.63, 3.8) is 0 Å². The molecule has 0 bridgehead atoms. The van der Waals surface area contributed by atoms with E-state index in [1.807, 2.05) is 0 Å². The predicted molar refractivity (Wildman–Crippen MR) is 32.6 cm³/mol. The van der Waals surface area contributed by atoms with Crippen molar-refractivity contribution in [2.75, 3.05) is 6.26 Å². The van der Waals surface area contributed by atoms with Crippen molar-refractivity contribution < 1.29 is 13.5 Å². The highest BCUT2D eigenvalue weighted by Crippen LogP contribution is 1.85. The van der Waals surface area contributed by atoms with Crippen LogP contribution < -0.4 is 5.11 Å². The Morgan fingerprint density at radius 3 is 2.22 bits per heavy atom. The van der Waals surface area contributed by atoms with Gasteiger partial charge in [-0.2, -0.15) is 4.40 Å². The average Bonchev–Trinajstić information content (AvgIpc) is 1.62. The van der Waals surface area contributed by atoms with Crippen molar-refractivity contribution >= 4 is 15.9 Å². The monoisotopic (exact) mass is 150 g/mol. The maximum Gasteiger partial charge on any atom is 0.249 e. The Bertz CT molecular complexity index is 204. The van der Waals surface area contributed by atoms with Gasteiger partial charge in [-0.3, -0.25) is 0 Å². The molecule has 0 unspecified atom stereocenters. The van der Waals surface area contributed by atoms with E-state index in [9.17, 15) is 13.5 Å². The van der Waals surface area contributed by atoms with Gasteiger partial charge in [0.25, 0.3) is 0 Å². The first-order chi connectivity index (χ1) is 3.95. The van der Waals surface area contributed by atoms with E-state index in [1.165, 1.54) is 0 Å².